The van der Waals surface area contributed by atoms with Crippen LogP contribution in [0.3, 0.4) is 0 Å². The topological polar surface area (TPSA) is 42.0 Å². The number of methoxy groups -OCH3 is 1. The van der Waals surface area contributed by atoms with Crippen LogP contribution in [-0.2, 0) is 6.54 Å². The van der Waals surface area contributed by atoms with E-state index in [1.54, 1.807) is 7.11 Å². The second-order valence-corrected chi connectivity index (χ2v) is 8.57. The Labute approximate surface area is 185 Å². The molecule has 0 unspecified atom stereocenters. The third kappa shape index (κ3) is 5.15. The lowest BCUT2D eigenvalue weighted by atomic mass is 10.0. The predicted molar refractivity (Wildman–Crippen MR) is 124 cm³/mol. The Morgan fingerprint density at radius 2 is 1.87 bits per heavy atom. The highest BCUT2D eigenvalue weighted by Crippen LogP contribution is 2.42. The van der Waals surface area contributed by atoms with Crippen molar-refractivity contribution in [1.29, 1.82) is 0 Å². The lowest BCUT2D eigenvalue weighted by molar-refractivity contribution is 0.192. The molecule has 0 atom stereocenters. The van der Waals surface area contributed by atoms with E-state index >= 15 is 0 Å². The smallest absolute Gasteiger partial charge is 0.324 e. The molecule has 1 heterocycles. The average molecular weight is 423 g/mol. The molecule has 0 radical (unpaired) electrons. The molecule has 0 spiro atoms. The molecule has 0 bridgehead atoms. The minimum atomic E-state index is 0.0685. The number of hydrogen-bond acceptors (Lipinski definition) is 3. The number of amides is 2. The standard InChI is InChI=1S/C26H34N2O3/c1-3-4-7-17-31-25-18-22(13-14-24(25)30-2)28-16-8-15-27(26(28)29)19-21-9-5-6-10-23(21)20-11-12-20/h5-6,9-10,13-14,18,20H,3-4,7-8,11-12,15-17,19H2,1-2H3. The monoisotopic (exact) mass is 422 g/mol. The molecule has 0 N–H and O–H groups in total. The maximum atomic E-state index is 13.4. The molecule has 0 aromatic heterocycles. The first kappa shape index (κ1) is 21.5. The van der Waals surface area contributed by atoms with Gasteiger partial charge in [-0.25, -0.2) is 4.79 Å². The third-order valence-electron chi connectivity index (χ3n) is 6.21. The molecule has 4 rings (SSSR count). The highest BCUT2D eigenvalue weighted by atomic mass is 16.5. The van der Waals surface area contributed by atoms with Gasteiger partial charge in [-0.1, -0.05) is 44.0 Å². The van der Waals surface area contributed by atoms with E-state index in [1.165, 1.54) is 24.0 Å². The molecule has 2 amide bonds. The fourth-order valence-corrected chi connectivity index (χ4v) is 4.32. The fraction of sp³-hybridized carbons (Fsp3) is 0.500. The lowest BCUT2D eigenvalue weighted by Gasteiger charge is -2.36. The van der Waals surface area contributed by atoms with Gasteiger partial charge < -0.3 is 14.4 Å². The molecule has 5 heteroatoms. The van der Waals surface area contributed by atoms with E-state index in [-0.39, 0.29) is 6.03 Å². The zero-order valence-electron chi connectivity index (χ0n) is 18.8. The van der Waals surface area contributed by atoms with Gasteiger partial charge in [-0.05, 0) is 54.9 Å². The van der Waals surface area contributed by atoms with E-state index in [0.29, 0.717) is 30.6 Å². The zero-order chi connectivity index (χ0) is 21.6. The minimum Gasteiger partial charge on any atom is -0.493 e. The number of hydrogen-bond donors (Lipinski definition) is 0. The molecular formula is C26H34N2O3. The van der Waals surface area contributed by atoms with Gasteiger partial charge in [-0.2, -0.15) is 0 Å². The van der Waals surface area contributed by atoms with Crippen molar-refractivity contribution in [1.82, 2.24) is 4.90 Å². The van der Waals surface area contributed by atoms with Crippen molar-refractivity contribution in [2.45, 2.75) is 57.9 Å². The van der Waals surface area contributed by atoms with Gasteiger partial charge in [0.15, 0.2) is 11.5 Å². The molecule has 1 saturated carbocycles. The van der Waals surface area contributed by atoms with Gasteiger partial charge in [0.05, 0.1) is 13.7 Å². The van der Waals surface area contributed by atoms with Crippen molar-refractivity contribution < 1.29 is 14.3 Å². The summed E-state index contributed by atoms with van der Waals surface area (Å²) in [6.45, 7) is 5.04. The average Bonchev–Trinajstić information content (AvgIpc) is 3.64. The SMILES string of the molecule is CCCCCOc1cc(N2CCCN(Cc3ccccc3C3CC3)C2=O)ccc1OC. The Balaban J connectivity index is 1.48. The van der Waals surface area contributed by atoms with Crippen LogP contribution in [0.25, 0.3) is 0 Å². The second kappa shape index (κ2) is 10.1. The van der Waals surface area contributed by atoms with Crippen LogP contribution in [0.5, 0.6) is 11.5 Å². The molecule has 1 aliphatic heterocycles. The van der Waals surface area contributed by atoms with Gasteiger partial charge in [0.1, 0.15) is 0 Å². The van der Waals surface area contributed by atoms with Crippen molar-refractivity contribution in [3.63, 3.8) is 0 Å². The Morgan fingerprint density at radius 3 is 2.65 bits per heavy atom. The zero-order valence-corrected chi connectivity index (χ0v) is 18.8. The summed E-state index contributed by atoms with van der Waals surface area (Å²) in [6, 6.07) is 14.5. The number of anilines is 1. The lowest BCUT2D eigenvalue weighted by Crippen LogP contribution is -2.49. The normalized spacial score (nSPS) is 16.5. The third-order valence-corrected chi connectivity index (χ3v) is 6.21. The summed E-state index contributed by atoms with van der Waals surface area (Å²) in [4.78, 5) is 17.2. The number of rotatable bonds is 10. The minimum absolute atomic E-state index is 0.0685. The summed E-state index contributed by atoms with van der Waals surface area (Å²) in [5, 5.41) is 0. The summed E-state index contributed by atoms with van der Waals surface area (Å²) in [6.07, 6.45) is 6.80. The number of ether oxygens (including phenoxy) is 2. The van der Waals surface area contributed by atoms with Crippen molar-refractivity contribution >= 4 is 11.7 Å². The summed E-state index contributed by atoms with van der Waals surface area (Å²) in [7, 11) is 1.65. The van der Waals surface area contributed by atoms with E-state index in [0.717, 1.165) is 44.5 Å². The van der Waals surface area contributed by atoms with E-state index in [4.69, 9.17) is 9.47 Å². The number of urea groups is 1. The van der Waals surface area contributed by atoms with Crippen LogP contribution in [0, 0.1) is 0 Å². The van der Waals surface area contributed by atoms with Gasteiger partial charge in [-0.15, -0.1) is 0 Å². The molecule has 31 heavy (non-hydrogen) atoms. The van der Waals surface area contributed by atoms with Crippen molar-refractivity contribution in [2.24, 2.45) is 0 Å². The highest BCUT2D eigenvalue weighted by molar-refractivity contribution is 5.93. The predicted octanol–water partition coefficient (Wildman–Crippen LogP) is 5.97. The van der Waals surface area contributed by atoms with E-state index in [9.17, 15) is 4.79 Å². The molecule has 2 fully saturated rings. The van der Waals surface area contributed by atoms with Crippen LogP contribution in [-0.4, -0.2) is 37.7 Å². The van der Waals surface area contributed by atoms with Gasteiger partial charge in [0.2, 0.25) is 0 Å². The fourth-order valence-electron chi connectivity index (χ4n) is 4.32. The molecule has 1 saturated heterocycles. The summed E-state index contributed by atoms with van der Waals surface area (Å²) < 4.78 is 11.5. The number of benzene rings is 2. The van der Waals surface area contributed by atoms with E-state index in [2.05, 4.69) is 31.2 Å². The van der Waals surface area contributed by atoms with E-state index < -0.39 is 0 Å². The first-order chi connectivity index (χ1) is 15.2. The van der Waals surface area contributed by atoms with Crippen LogP contribution in [0.2, 0.25) is 0 Å². The molecular weight excluding hydrogens is 388 g/mol. The van der Waals surface area contributed by atoms with Gasteiger partial charge in [0, 0.05) is 31.4 Å². The van der Waals surface area contributed by atoms with Gasteiger partial charge in [0.25, 0.3) is 0 Å². The largest absolute Gasteiger partial charge is 0.493 e. The number of carbonyl (C=O) groups is 1. The summed E-state index contributed by atoms with van der Waals surface area (Å²) in [5.41, 5.74) is 3.57. The Hall–Kier alpha value is -2.69. The molecule has 2 aromatic carbocycles. The number of unbranched alkanes of at least 4 members (excludes halogenated alkanes) is 2. The maximum absolute atomic E-state index is 13.4. The van der Waals surface area contributed by atoms with Crippen LogP contribution in [0.1, 0.15) is 62.5 Å². The first-order valence-electron chi connectivity index (χ1n) is 11.7. The molecule has 1 aliphatic carbocycles. The second-order valence-electron chi connectivity index (χ2n) is 8.57. The molecule has 5 nitrogen and oxygen atoms in total. The van der Waals surface area contributed by atoms with E-state index in [1.807, 2.05) is 28.0 Å². The Bertz CT molecular complexity index is 894. The Kier molecular flexibility index (Phi) is 7.00. The highest BCUT2D eigenvalue weighted by Gasteiger charge is 2.30. The number of nitrogens with zero attached hydrogens (tertiary/aromatic N) is 2. The first-order valence-corrected chi connectivity index (χ1v) is 11.7. The number of carbonyl (C=O) groups excluding carboxylic acids is 1. The molecule has 2 aromatic rings. The van der Waals surface area contributed by atoms with Crippen molar-refractivity contribution in [2.75, 3.05) is 31.7 Å². The summed E-state index contributed by atoms with van der Waals surface area (Å²) in [5.74, 6) is 2.10. The van der Waals surface area contributed by atoms with Crippen LogP contribution < -0.4 is 14.4 Å². The molecule has 166 valence electrons. The van der Waals surface area contributed by atoms with Gasteiger partial charge in [-0.3, -0.25) is 4.90 Å². The maximum Gasteiger partial charge on any atom is 0.324 e. The van der Waals surface area contributed by atoms with Gasteiger partial charge >= 0.3 is 6.03 Å². The summed E-state index contributed by atoms with van der Waals surface area (Å²) >= 11 is 0. The van der Waals surface area contributed by atoms with Crippen LogP contribution in [0.4, 0.5) is 10.5 Å². The van der Waals surface area contributed by atoms with Crippen LogP contribution in [0.15, 0.2) is 42.5 Å². The van der Waals surface area contributed by atoms with Crippen LogP contribution >= 0.6 is 0 Å². The Morgan fingerprint density at radius 1 is 1.03 bits per heavy atom. The van der Waals surface area contributed by atoms with Crippen molar-refractivity contribution in [3.8, 4) is 11.5 Å². The van der Waals surface area contributed by atoms with Crippen molar-refractivity contribution in [3.05, 3.63) is 53.6 Å². The quantitative estimate of drug-likeness (QED) is 0.443. The molecule has 2 aliphatic rings.